The van der Waals surface area contributed by atoms with Crippen LogP contribution >= 0.6 is 0 Å². The number of carboxylic acids is 1. The predicted octanol–water partition coefficient (Wildman–Crippen LogP) is 3.43. The normalized spacial score (nSPS) is 38.6. The Bertz CT molecular complexity index is 718. The van der Waals surface area contributed by atoms with E-state index in [0.717, 1.165) is 18.9 Å². The van der Waals surface area contributed by atoms with Gasteiger partial charge < -0.3 is 19.3 Å². The molecule has 0 radical (unpaired) electrons. The first-order chi connectivity index (χ1) is 14.3. The van der Waals surface area contributed by atoms with E-state index in [-0.39, 0.29) is 23.7 Å². The van der Waals surface area contributed by atoms with Gasteiger partial charge in [0, 0.05) is 19.8 Å². The summed E-state index contributed by atoms with van der Waals surface area (Å²) < 4.78 is 11.7. The van der Waals surface area contributed by atoms with Crippen LogP contribution in [0.1, 0.15) is 40.0 Å². The third kappa shape index (κ3) is 3.56. The highest BCUT2D eigenvalue weighted by molar-refractivity contribution is 6.66. The van der Waals surface area contributed by atoms with Crippen LogP contribution in [-0.2, 0) is 18.4 Å². The maximum absolute atomic E-state index is 13.2. The standard InChI is InChI=1S/C23H37NO5Si/c1-5-28-30(4,29-6-2)9-7-8-24-22(25)20-17-12-16(21(20)23(26)27)18-14-10-13(3)15(11-14)19(17)18/h10,14-21H,5-9,11-12H2,1-4H3,(H,24,25)(H,26,27). The number of carboxylic acid groups (broad SMARTS) is 1. The lowest BCUT2D eigenvalue weighted by Gasteiger charge is -2.40. The zero-order valence-electron chi connectivity index (χ0n) is 18.7. The molecular formula is C23H37NO5Si. The fraction of sp³-hybridized carbons (Fsp3) is 0.826. The first-order valence-electron chi connectivity index (χ1n) is 11.8. The lowest BCUT2D eigenvalue weighted by atomic mass is 9.63. The molecule has 8 atom stereocenters. The molecular weight excluding hydrogens is 398 g/mol. The van der Waals surface area contributed by atoms with Gasteiger partial charge in [-0.25, -0.2) is 0 Å². The summed E-state index contributed by atoms with van der Waals surface area (Å²) in [4.78, 5) is 25.3. The molecule has 0 aliphatic heterocycles. The van der Waals surface area contributed by atoms with E-state index in [1.165, 1.54) is 12.0 Å². The van der Waals surface area contributed by atoms with Gasteiger partial charge in [0.25, 0.3) is 0 Å². The van der Waals surface area contributed by atoms with Crippen LogP contribution < -0.4 is 5.32 Å². The van der Waals surface area contributed by atoms with Gasteiger partial charge in [-0.15, -0.1) is 0 Å². The third-order valence-electron chi connectivity index (χ3n) is 8.43. The first kappa shape index (κ1) is 22.0. The second-order valence-corrected chi connectivity index (χ2v) is 13.3. The fourth-order valence-electron chi connectivity index (χ4n) is 7.64. The maximum Gasteiger partial charge on any atom is 0.334 e. The largest absolute Gasteiger partial charge is 0.481 e. The Morgan fingerprint density at radius 1 is 1.13 bits per heavy atom. The molecule has 168 valence electrons. The number of allylic oxidation sites excluding steroid dienone is 2. The van der Waals surface area contributed by atoms with Gasteiger partial charge in [0.05, 0.1) is 11.8 Å². The SMILES string of the molecule is CCO[Si](C)(CCCNC(=O)C1C2CC(C1C(=O)O)C1C3C=C(C)C(C3)C21)OCC. The van der Waals surface area contributed by atoms with Crippen molar-refractivity contribution in [3.05, 3.63) is 11.6 Å². The fourth-order valence-corrected chi connectivity index (χ4v) is 10.1. The molecule has 0 aromatic rings. The van der Waals surface area contributed by atoms with E-state index in [0.29, 0.717) is 43.4 Å². The minimum Gasteiger partial charge on any atom is -0.481 e. The van der Waals surface area contributed by atoms with E-state index in [1.807, 2.05) is 13.8 Å². The Morgan fingerprint density at radius 2 is 1.80 bits per heavy atom. The number of hydrogen-bond acceptors (Lipinski definition) is 4. The highest BCUT2D eigenvalue weighted by Gasteiger charge is 2.68. The number of carbonyl (C=O) groups excluding carboxylic acids is 1. The summed E-state index contributed by atoms with van der Waals surface area (Å²) >= 11 is 0. The molecule has 4 bridgehead atoms. The number of fused-ring (bicyclic) bond motifs is 9. The molecule has 0 saturated heterocycles. The lowest BCUT2D eigenvalue weighted by Crippen LogP contribution is -2.48. The highest BCUT2D eigenvalue weighted by atomic mass is 28.4. The van der Waals surface area contributed by atoms with Crippen LogP contribution in [0.15, 0.2) is 11.6 Å². The topological polar surface area (TPSA) is 84.9 Å². The van der Waals surface area contributed by atoms with Crippen molar-refractivity contribution in [3.63, 3.8) is 0 Å². The predicted molar refractivity (Wildman–Crippen MR) is 116 cm³/mol. The van der Waals surface area contributed by atoms with Gasteiger partial charge in [-0.3, -0.25) is 9.59 Å². The average Bonchev–Trinajstić information content (AvgIpc) is 3.42. The van der Waals surface area contributed by atoms with Crippen molar-refractivity contribution in [1.29, 1.82) is 0 Å². The van der Waals surface area contributed by atoms with Crippen molar-refractivity contribution in [2.45, 2.75) is 52.6 Å². The molecule has 0 aromatic heterocycles. The van der Waals surface area contributed by atoms with Gasteiger partial charge in [-0.05, 0) is 88.1 Å². The van der Waals surface area contributed by atoms with E-state index < -0.39 is 20.4 Å². The second-order valence-electron chi connectivity index (χ2n) is 9.92. The van der Waals surface area contributed by atoms with Gasteiger partial charge in [0.15, 0.2) is 0 Å². The summed E-state index contributed by atoms with van der Waals surface area (Å²) in [5.41, 5.74) is 1.47. The van der Waals surface area contributed by atoms with Gasteiger partial charge >= 0.3 is 14.5 Å². The monoisotopic (exact) mass is 435 g/mol. The zero-order chi connectivity index (χ0) is 21.6. The maximum atomic E-state index is 13.2. The van der Waals surface area contributed by atoms with Crippen molar-refractivity contribution in [2.24, 2.45) is 47.3 Å². The molecule has 2 N–H and O–H groups in total. The highest BCUT2D eigenvalue weighted by Crippen LogP contribution is 2.69. The Kier molecular flexibility index (Phi) is 6.16. The third-order valence-corrected chi connectivity index (χ3v) is 11.5. The molecule has 0 spiro atoms. The Hall–Kier alpha value is -1.18. The Labute approximate surface area is 181 Å². The molecule has 1 amide bonds. The molecule has 8 unspecified atom stereocenters. The van der Waals surface area contributed by atoms with Crippen LogP contribution in [0.5, 0.6) is 0 Å². The first-order valence-corrected chi connectivity index (χ1v) is 14.3. The summed E-state index contributed by atoms with van der Waals surface area (Å²) in [7, 11) is -2.18. The van der Waals surface area contributed by atoms with Crippen LogP contribution in [0, 0.1) is 47.3 Å². The van der Waals surface area contributed by atoms with Crippen LogP contribution in [-0.4, -0.2) is 45.3 Å². The van der Waals surface area contributed by atoms with E-state index >= 15 is 0 Å². The molecule has 6 nitrogen and oxygen atoms in total. The second kappa shape index (κ2) is 8.39. The molecule has 3 fully saturated rings. The van der Waals surface area contributed by atoms with E-state index in [9.17, 15) is 14.7 Å². The summed E-state index contributed by atoms with van der Waals surface area (Å²) in [6.45, 7) is 10.1. The summed E-state index contributed by atoms with van der Waals surface area (Å²) in [6.07, 6.45) is 5.27. The van der Waals surface area contributed by atoms with Crippen LogP contribution in [0.2, 0.25) is 12.6 Å². The molecule has 7 heteroatoms. The van der Waals surface area contributed by atoms with Crippen molar-refractivity contribution in [2.75, 3.05) is 19.8 Å². The van der Waals surface area contributed by atoms with E-state index in [2.05, 4.69) is 24.9 Å². The van der Waals surface area contributed by atoms with Gasteiger partial charge in [0.1, 0.15) is 0 Å². The smallest absolute Gasteiger partial charge is 0.334 e. The molecule has 4 rings (SSSR count). The van der Waals surface area contributed by atoms with E-state index in [1.54, 1.807) is 0 Å². The Morgan fingerprint density at radius 3 is 2.43 bits per heavy atom. The number of hydrogen-bond donors (Lipinski definition) is 2. The molecule has 4 aliphatic rings. The number of aliphatic carboxylic acids is 1. The van der Waals surface area contributed by atoms with Gasteiger partial charge in [-0.1, -0.05) is 11.6 Å². The zero-order valence-corrected chi connectivity index (χ0v) is 19.7. The van der Waals surface area contributed by atoms with Gasteiger partial charge in [-0.2, -0.15) is 0 Å². The van der Waals surface area contributed by atoms with Crippen molar-refractivity contribution in [3.8, 4) is 0 Å². The summed E-state index contributed by atoms with van der Waals surface area (Å²) in [5.74, 6) is 0.793. The number of nitrogens with one attached hydrogen (secondary N) is 1. The lowest BCUT2D eigenvalue weighted by molar-refractivity contribution is -0.152. The van der Waals surface area contributed by atoms with Crippen molar-refractivity contribution < 1.29 is 23.5 Å². The molecule has 0 aromatic carbocycles. The Balaban J connectivity index is 1.38. The molecule has 4 aliphatic carbocycles. The van der Waals surface area contributed by atoms with Crippen LogP contribution in [0.4, 0.5) is 0 Å². The number of amides is 1. The van der Waals surface area contributed by atoms with Crippen LogP contribution in [0.25, 0.3) is 0 Å². The molecule has 0 heterocycles. The molecule has 3 saturated carbocycles. The van der Waals surface area contributed by atoms with Gasteiger partial charge in [0.2, 0.25) is 5.91 Å². The van der Waals surface area contributed by atoms with Crippen molar-refractivity contribution in [1.82, 2.24) is 5.32 Å². The van der Waals surface area contributed by atoms with E-state index in [4.69, 9.17) is 8.85 Å². The number of rotatable bonds is 10. The number of carbonyl (C=O) groups is 2. The van der Waals surface area contributed by atoms with Crippen molar-refractivity contribution >= 4 is 20.4 Å². The molecule has 30 heavy (non-hydrogen) atoms. The van der Waals surface area contributed by atoms with Crippen LogP contribution in [0.3, 0.4) is 0 Å². The minimum atomic E-state index is -2.18. The quantitative estimate of drug-likeness (QED) is 0.238. The summed E-state index contributed by atoms with van der Waals surface area (Å²) in [6, 6.07) is 0.826. The average molecular weight is 436 g/mol. The summed E-state index contributed by atoms with van der Waals surface area (Å²) in [5, 5.41) is 13.1. The minimum absolute atomic E-state index is 0.0473.